The van der Waals surface area contributed by atoms with E-state index < -0.39 is 23.8 Å². The normalized spacial score (nSPS) is 14.8. The maximum Gasteiger partial charge on any atom is 0.408 e. The van der Waals surface area contributed by atoms with Crippen molar-refractivity contribution in [2.45, 2.75) is 111 Å². The van der Waals surface area contributed by atoms with Gasteiger partial charge in [-0.05, 0) is 64.2 Å². The van der Waals surface area contributed by atoms with Crippen molar-refractivity contribution in [3.63, 3.8) is 0 Å². The predicted octanol–water partition coefficient (Wildman–Crippen LogP) is 5.31. The van der Waals surface area contributed by atoms with Crippen LogP contribution < -0.4 is 10.6 Å². The van der Waals surface area contributed by atoms with Crippen molar-refractivity contribution < 1.29 is 24.2 Å². The molecule has 8 nitrogen and oxygen atoms in total. The molecule has 4 atom stereocenters. The molecule has 0 aromatic heterocycles. The summed E-state index contributed by atoms with van der Waals surface area (Å²) in [5, 5.41) is 15.6. The lowest BCUT2D eigenvalue weighted by atomic mass is 9.95. The van der Waals surface area contributed by atoms with Gasteiger partial charge in [0.05, 0.1) is 0 Å². The van der Waals surface area contributed by atoms with Crippen LogP contribution in [0.1, 0.15) is 99.1 Å². The fraction of sp³-hybridized carbons (Fsp3) is 0.679. The zero-order valence-corrected chi connectivity index (χ0v) is 23.4. The third-order valence-corrected chi connectivity index (χ3v) is 6.07. The van der Waals surface area contributed by atoms with E-state index in [1.54, 1.807) is 37.8 Å². The molecule has 8 heteroatoms. The minimum Gasteiger partial charge on any atom is -0.508 e. The van der Waals surface area contributed by atoms with Crippen LogP contribution in [0.15, 0.2) is 24.3 Å². The van der Waals surface area contributed by atoms with Crippen LogP contribution in [0.3, 0.4) is 0 Å². The zero-order chi connectivity index (χ0) is 27.5. The van der Waals surface area contributed by atoms with Crippen LogP contribution in [-0.2, 0) is 14.3 Å². The van der Waals surface area contributed by atoms with Crippen LogP contribution in [0.4, 0.5) is 4.79 Å². The highest BCUT2D eigenvalue weighted by Crippen LogP contribution is 2.27. The number of aromatic hydroxyl groups is 1. The number of phenolic OH excluding ortho intramolecular Hbond substituents is 1. The highest BCUT2D eigenvalue weighted by atomic mass is 16.6. The van der Waals surface area contributed by atoms with E-state index in [1.165, 1.54) is 12.1 Å². The fourth-order valence-corrected chi connectivity index (χ4v) is 3.95. The quantitative estimate of drug-likeness (QED) is 0.337. The first-order valence-corrected chi connectivity index (χ1v) is 13.2. The Hall–Kier alpha value is -2.77. The van der Waals surface area contributed by atoms with Crippen molar-refractivity contribution in [1.29, 1.82) is 0 Å². The SMILES string of the molecule is CCCCN(C(=O)C(NC(=O)OC(C)(C)C)C(C)CC)C(C(=O)NC(C)CCC)c1ccc(O)cc1. The van der Waals surface area contributed by atoms with E-state index in [0.717, 1.165) is 19.3 Å². The minimum atomic E-state index is -0.907. The zero-order valence-electron chi connectivity index (χ0n) is 23.4. The number of hydrogen-bond acceptors (Lipinski definition) is 5. The molecule has 3 N–H and O–H groups in total. The summed E-state index contributed by atoms with van der Waals surface area (Å²) in [5.74, 6) is -0.726. The Bertz CT molecular complexity index is 835. The van der Waals surface area contributed by atoms with Gasteiger partial charge in [-0.3, -0.25) is 9.59 Å². The van der Waals surface area contributed by atoms with Crippen molar-refractivity contribution in [2.75, 3.05) is 6.54 Å². The number of rotatable bonds is 13. The number of unbranched alkanes of at least 4 members (excludes halogenated alkanes) is 1. The molecule has 0 radical (unpaired) electrons. The lowest BCUT2D eigenvalue weighted by molar-refractivity contribution is -0.143. The summed E-state index contributed by atoms with van der Waals surface area (Å²) in [5.41, 5.74) is -0.113. The van der Waals surface area contributed by atoms with Gasteiger partial charge in [-0.25, -0.2) is 4.79 Å². The van der Waals surface area contributed by atoms with Crippen molar-refractivity contribution in [1.82, 2.24) is 15.5 Å². The average Bonchev–Trinajstić information content (AvgIpc) is 2.79. The lowest BCUT2D eigenvalue weighted by Crippen LogP contribution is -2.55. The Morgan fingerprint density at radius 1 is 1.00 bits per heavy atom. The summed E-state index contributed by atoms with van der Waals surface area (Å²) >= 11 is 0. The Labute approximate surface area is 217 Å². The number of carbonyl (C=O) groups excluding carboxylic acids is 3. The molecule has 0 saturated carbocycles. The molecule has 0 aliphatic rings. The number of benzene rings is 1. The number of nitrogens with one attached hydrogen (secondary N) is 2. The van der Waals surface area contributed by atoms with Crippen molar-refractivity contribution >= 4 is 17.9 Å². The maximum absolute atomic E-state index is 14.1. The molecule has 1 aromatic rings. The number of hydrogen-bond donors (Lipinski definition) is 3. The van der Waals surface area contributed by atoms with Crippen LogP contribution in [0.2, 0.25) is 0 Å². The average molecular weight is 506 g/mol. The third-order valence-electron chi connectivity index (χ3n) is 6.07. The van der Waals surface area contributed by atoms with Gasteiger partial charge in [0.25, 0.3) is 0 Å². The number of ether oxygens (including phenoxy) is 1. The van der Waals surface area contributed by atoms with Gasteiger partial charge in [0.15, 0.2) is 0 Å². The Balaban J connectivity index is 3.47. The van der Waals surface area contributed by atoms with Gasteiger partial charge in [0, 0.05) is 12.6 Å². The van der Waals surface area contributed by atoms with E-state index in [9.17, 15) is 19.5 Å². The molecule has 3 amide bonds. The Morgan fingerprint density at radius 3 is 2.11 bits per heavy atom. The van der Waals surface area contributed by atoms with E-state index in [-0.39, 0.29) is 29.5 Å². The molecule has 0 bridgehead atoms. The molecular formula is C28H47N3O5. The first-order valence-electron chi connectivity index (χ1n) is 13.2. The van der Waals surface area contributed by atoms with Gasteiger partial charge in [0.2, 0.25) is 11.8 Å². The second kappa shape index (κ2) is 14.7. The summed E-state index contributed by atoms with van der Waals surface area (Å²) in [4.78, 5) is 41.9. The first kappa shape index (κ1) is 31.3. The summed E-state index contributed by atoms with van der Waals surface area (Å²) in [6.45, 7) is 15.5. The Kier molecular flexibility index (Phi) is 12.8. The van der Waals surface area contributed by atoms with Gasteiger partial charge in [-0.15, -0.1) is 0 Å². The van der Waals surface area contributed by atoms with Gasteiger partial charge in [0.1, 0.15) is 23.4 Å². The largest absolute Gasteiger partial charge is 0.508 e. The topological polar surface area (TPSA) is 108 Å². The number of amides is 3. The molecule has 0 spiro atoms. The van der Waals surface area contributed by atoms with Gasteiger partial charge >= 0.3 is 6.09 Å². The summed E-state index contributed by atoms with van der Waals surface area (Å²) in [6, 6.07) is 4.52. The smallest absolute Gasteiger partial charge is 0.408 e. The summed E-state index contributed by atoms with van der Waals surface area (Å²) < 4.78 is 5.43. The van der Waals surface area contributed by atoms with Crippen LogP contribution in [0, 0.1) is 5.92 Å². The van der Waals surface area contributed by atoms with Crippen LogP contribution in [0.25, 0.3) is 0 Å². The molecule has 36 heavy (non-hydrogen) atoms. The van der Waals surface area contributed by atoms with Crippen molar-refractivity contribution in [3.8, 4) is 5.75 Å². The molecular weight excluding hydrogens is 458 g/mol. The second-order valence-electron chi connectivity index (χ2n) is 10.6. The highest BCUT2D eigenvalue weighted by Gasteiger charge is 2.38. The molecule has 204 valence electrons. The molecule has 1 rings (SSSR count). The second-order valence-corrected chi connectivity index (χ2v) is 10.6. The number of phenols is 1. The van der Waals surface area contributed by atoms with E-state index in [0.29, 0.717) is 24.9 Å². The maximum atomic E-state index is 14.1. The summed E-state index contributed by atoms with van der Waals surface area (Å²) in [6.07, 6.45) is 3.23. The van der Waals surface area contributed by atoms with Crippen LogP contribution >= 0.6 is 0 Å². The monoisotopic (exact) mass is 505 g/mol. The lowest BCUT2D eigenvalue weighted by Gasteiger charge is -2.36. The van der Waals surface area contributed by atoms with Crippen molar-refractivity contribution in [3.05, 3.63) is 29.8 Å². The van der Waals surface area contributed by atoms with Crippen molar-refractivity contribution in [2.24, 2.45) is 5.92 Å². The van der Waals surface area contributed by atoms with E-state index in [2.05, 4.69) is 17.6 Å². The fourth-order valence-electron chi connectivity index (χ4n) is 3.95. The predicted molar refractivity (Wildman–Crippen MR) is 143 cm³/mol. The Morgan fingerprint density at radius 2 is 1.61 bits per heavy atom. The van der Waals surface area contributed by atoms with Crippen LogP contribution in [0.5, 0.6) is 5.75 Å². The third kappa shape index (κ3) is 10.1. The molecule has 0 aliphatic carbocycles. The molecule has 1 aromatic carbocycles. The van der Waals surface area contributed by atoms with E-state index >= 15 is 0 Å². The first-order chi connectivity index (χ1) is 16.8. The molecule has 0 fully saturated rings. The minimum absolute atomic E-state index is 0.0597. The number of nitrogens with zero attached hydrogens (tertiary/aromatic N) is 1. The van der Waals surface area contributed by atoms with Gasteiger partial charge < -0.3 is 25.4 Å². The molecule has 0 heterocycles. The number of alkyl carbamates (subject to hydrolysis) is 1. The summed E-state index contributed by atoms with van der Waals surface area (Å²) in [7, 11) is 0. The van der Waals surface area contributed by atoms with Crippen LogP contribution in [-0.4, -0.2) is 52.1 Å². The molecule has 0 saturated heterocycles. The molecule has 4 unspecified atom stereocenters. The van der Waals surface area contributed by atoms with E-state index in [1.807, 2.05) is 27.7 Å². The van der Waals surface area contributed by atoms with Gasteiger partial charge in [-0.2, -0.15) is 0 Å². The standard InChI is InChI=1S/C28H47N3O5/c1-9-12-18-31(26(34)23(19(4)11-3)30-27(35)36-28(6,7)8)24(21-14-16-22(32)17-15-21)25(33)29-20(5)13-10-2/h14-17,19-20,23-24,32H,9-13,18H2,1-8H3,(H,29,33)(H,30,35). The van der Waals surface area contributed by atoms with Gasteiger partial charge in [-0.1, -0.05) is 59.1 Å². The molecule has 0 aliphatic heterocycles. The van der Waals surface area contributed by atoms with E-state index in [4.69, 9.17) is 4.74 Å². The number of carbonyl (C=O) groups is 3. The highest BCUT2D eigenvalue weighted by molar-refractivity contribution is 5.92.